The summed E-state index contributed by atoms with van der Waals surface area (Å²) in [5, 5.41) is 0. The topological polar surface area (TPSA) is 17.1 Å². The van der Waals surface area contributed by atoms with Gasteiger partial charge in [-0.3, -0.25) is 0 Å². The molecule has 78 valence electrons. The van der Waals surface area contributed by atoms with Gasteiger partial charge in [-0.2, -0.15) is 0 Å². The zero-order valence-electron chi connectivity index (χ0n) is 9.02. The van der Waals surface area contributed by atoms with E-state index in [4.69, 9.17) is 0 Å². The molecule has 15 heavy (non-hydrogen) atoms. The number of benzene rings is 1. The molecule has 0 saturated carbocycles. The summed E-state index contributed by atoms with van der Waals surface area (Å²) in [6, 6.07) is 8.38. The molecule has 0 unspecified atom stereocenters. The van der Waals surface area contributed by atoms with Crippen molar-refractivity contribution in [3.8, 4) is 0 Å². The smallest absolute Gasteiger partial charge is 0.120 e. The number of hydrogen-bond donors (Lipinski definition) is 0. The van der Waals surface area contributed by atoms with Crippen LogP contribution in [0.1, 0.15) is 36.8 Å². The van der Waals surface area contributed by atoms with E-state index in [0.29, 0.717) is 18.3 Å². The van der Waals surface area contributed by atoms with Crippen molar-refractivity contribution >= 4 is 12.4 Å². The Morgan fingerprint density at radius 1 is 1.33 bits per heavy atom. The van der Waals surface area contributed by atoms with Gasteiger partial charge in [0.05, 0.1) is 0 Å². The van der Waals surface area contributed by atoms with Crippen molar-refractivity contribution in [1.29, 1.82) is 0 Å². The molecule has 0 spiro atoms. The Bertz CT molecular complexity index is 379. The van der Waals surface area contributed by atoms with Crippen LogP contribution in [0.15, 0.2) is 30.3 Å². The van der Waals surface area contributed by atoms with Gasteiger partial charge in [-0.15, -0.1) is 0 Å². The molecule has 0 aromatic heterocycles. The molecule has 0 aliphatic heterocycles. The summed E-state index contributed by atoms with van der Waals surface area (Å²) in [6.07, 6.45) is 7.22. The first-order chi connectivity index (χ1) is 7.36. The largest absolute Gasteiger partial charge is 0.303 e. The van der Waals surface area contributed by atoms with Crippen molar-refractivity contribution in [3.63, 3.8) is 0 Å². The van der Waals surface area contributed by atoms with E-state index in [-0.39, 0.29) is 0 Å². The van der Waals surface area contributed by atoms with Crippen LogP contribution in [0.3, 0.4) is 0 Å². The summed E-state index contributed by atoms with van der Waals surface area (Å²) in [5.41, 5.74) is 2.60. The van der Waals surface area contributed by atoms with Crippen LogP contribution < -0.4 is 0 Å². The Balaban J connectivity index is 2.39. The van der Waals surface area contributed by atoms with Gasteiger partial charge in [0.1, 0.15) is 6.29 Å². The molecular weight excluding hydrogens is 184 g/mol. The summed E-state index contributed by atoms with van der Waals surface area (Å²) in [6.45, 7) is 2.18. The lowest BCUT2D eigenvalue weighted by Gasteiger charge is -2.27. The highest BCUT2D eigenvalue weighted by Crippen LogP contribution is 2.37. The number of fused-ring (bicyclic) bond motifs is 1. The Labute approximate surface area is 90.8 Å². The van der Waals surface area contributed by atoms with Gasteiger partial charge in [-0.05, 0) is 29.4 Å². The zero-order chi connectivity index (χ0) is 10.7. The molecule has 1 aromatic rings. The van der Waals surface area contributed by atoms with Crippen molar-refractivity contribution in [2.45, 2.75) is 25.7 Å². The van der Waals surface area contributed by atoms with E-state index < -0.39 is 0 Å². The van der Waals surface area contributed by atoms with Gasteiger partial charge < -0.3 is 4.79 Å². The van der Waals surface area contributed by atoms with E-state index in [1.165, 1.54) is 11.1 Å². The molecule has 0 N–H and O–H groups in total. The van der Waals surface area contributed by atoms with E-state index in [1.807, 2.05) is 6.07 Å². The number of carbonyl (C=O) groups excluding carboxylic acids is 1. The molecule has 1 heteroatoms. The normalized spacial score (nSPS) is 23.5. The van der Waals surface area contributed by atoms with Crippen molar-refractivity contribution < 1.29 is 4.79 Å². The van der Waals surface area contributed by atoms with E-state index in [9.17, 15) is 4.79 Å². The number of hydrogen-bond acceptors (Lipinski definition) is 1. The van der Waals surface area contributed by atoms with Crippen molar-refractivity contribution in [1.82, 2.24) is 0 Å². The first kappa shape index (κ1) is 10.2. The highest BCUT2D eigenvalue weighted by Gasteiger charge is 2.23. The molecule has 1 aliphatic rings. The third-order valence-corrected chi connectivity index (χ3v) is 3.26. The minimum Gasteiger partial charge on any atom is -0.303 e. The van der Waals surface area contributed by atoms with E-state index in [1.54, 1.807) is 0 Å². The molecule has 2 atom stereocenters. The molecular formula is C14H16O. The van der Waals surface area contributed by atoms with Crippen LogP contribution in [-0.4, -0.2) is 6.29 Å². The molecule has 2 rings (SSSR count). The minimum absolute atomic E-state index is 0.383. The van der Waals surface area contributed by atoms with Crippen LogP contribution in [0.2, 0.25) is 0 Å². The van der Waals surface area contributed by atoms with E-state index in [2.05, 4.69) is 37.3 Å². The number of carbonyl (C=O) groups is 1. The van der Waals surface area contributed by atoms with Gasteiger partial charge in [0.2, 0.25) is 0 Å². The number of aldehydes is 1. The van der Waals surface area contributed by atoms with Gasteiger partial charge in [0.15, 0.2) is 0 Å². The minimum atomic E-state index is 0.383. The SMILES string of the molecule is CC[C@H]1C=Cc2ccccc2[C@@H]1CC=O. The van der Waals surface area contributed by atoms with Crippen LogP contribution in [0, 0.1) is 5.92 Å². The van der Waals surface area contributed by atoms with Crippen LogP contribution >= 0.6 is 0 Å². The third kappa shape index (κ3) is 1.87. The fourth-order valence-electron chi connectivity index (χ4n) is 2.42. The van der Waals surface area contributed by atoms with Crippen molar-refractivity contribution in [2.75, 3.05) is 0 Å². The monoisotopic (exact) mass is 200 g/mol. The summed E-state index contributed by atoms with van der Waals surface area (Å²) >= 11 is 0. The van der Waals surface area contributed by atoms with Crippen LogP contribution in [0.25, 0.3) is 6.08 Å². The fraction of sp³-hybridized carbons (Fsp3) is 0.357. The molecule has 1 aromatic carbocycles. The Morgan fingerprint density at radius 3 is 2.87 bits per heavy atom. The van der Waals surface area contributed by atoms with Gasteiger partial charge in [0.25, 0.3) is 0 Å². The Morgan fingerprint density at radius 2 is 2.13 bits per heavy atom. The van der Waals surface area contributed by atoms with Gasteiger partial charge in [-0.1, -0.05) is 43.3 Å². The second-order valence-corrected chi connectivity index (χ2v) is 4.07. The molecule has 1 nitrogen and oxygen atoms in total. The standard InChI is InChI=1S/C14H16O/c1-2-11-7-8-12-5-3-4-6-13(12)14(11)9-10-15/h3-8,10-11,14H,2,9H2,1H3/t11-,14+/m0/s1. The third-order valence-electron chi connectivity index (χ3n) is 3.26. The first-order valence-corrected chi connectivity index (χ1v) is 5.57. The molecule has 0 amide bonds. The predicted molar refractivity (Wildman–Crippen MR) is 62.7 cm³/mol. The highest BCUT2D eigenvalue weighted by atomic mass is 16.1. The summed E-state index contributed by atoms with van der Waals surface area (Å²) in [5.74, 6) is 0.902. The van der Waals surface area contributed by atoms with Gasteiger partial charge in [0, 0.05) is 6.42 Å². The quantitative estimate of drug-likeness (QED) is 0.683. The maximum Gasteiger partial charge on any atom is 0.120 e. The second-order valence-electron chi connectivity index (χ2n) is 4.07. The van der Waals surface area contributed by atoms with Crippen molar-refractivity contribution in [3.05, 3.63) is 41.5 Å². The van der Waals surface area contributed by atoms with Crippen LogP contribution in [-0.2, 0) is 4.79 Å². The molecule has 1 aliphatic carbocycles. The lowest BCUT2D eigenvalue weighted by atomic mass is 9.77. The lowest BCUT2D eigenvalue weighted by Crippen LogP contribution is -2.15. The summed E-state index contributed by atoms with van der Waals surface area (Å²) < 4.78 is 0. The average Bonchev–Trinajstić information content (AvgIpc) is 2.30. The fourth-order valence-corrected chi connectivity index (χ4v) is 2.42. The first-order valence-electron chi connectivity index (χ1n) is 5.57. The van der Waals surface area contributed by atoms with Gasteiger partial charge >= 0.3 is 0 Å². The maximum atomic E-state index is 10.7. The molecule has 0 saturated heterocycles. The lowest BCUT2D eigenvalue weighted by molar-refractivity contribution is -0.108. The Hall–Kier alpha value is -1.37. The van der Waals surface area contributed by atoms with Gasteiger partial charge in [-0.25, -0.2) is 0 Å². The Kier molecular flexibility index (Phi) is 3.00. The summed E-state index contributed by atoms with van der Waals surface area (Å²) in [7, 11) is 0. The molecule has 0 fully saturated rings. The van der Waals surface area contributed by atoms with Crippen molar-refractivity contribution in [2.24, 2.45) is 5.92 Å². The van der Waals surface area contributed by atoms with Crippen LogP contribution in [0.4, 0.5) is 0 Å². The van der Waals surface area contributed by atoms with Crippen LogP contribution in [0.5, 0.6) is 0 Å². The molecule has 0 bridgehead atoms. The number of allylic oxidation sites excluding steroid dienone is 1. The second kappa shape index (κ2) is 4.43. The molecule has 0 heterocycles. The number of rotatable bonds is 3. The zero-order valence-corrected chi connectivity index (χ0v) is 9.02. The average molecular weight is 200 g/mol. The predicted octanol–water partition coefficient (Wildman–Crippen LogP) is 3.41. The summed E-state index contributed by atoms with van der Waals surface area (Å²) in [4.78, 5) is 10.7. The van der Waals surface area contributed by atoms with E-state index in [0.717, 1.165) is 12.7 Å². The molecule has 0 radical (unpaired) electrons. The maximum absolute atomic E-state index is 10.7. The highest BCUT2D eigenvalue weighted by molar-refractivity contribution is 5.61. The van der Waals surface area contributed by atoms with E-state index >= 15 is 0 Å².